The molecule has 0 bridgehead atoms. The topological polar surface area (TPSA) is 35.5 Å². The number of benzene rings is 1. The number of methoxy groups -OCH3 is 1. The lowest BCUT2D eigenvalue weighted by molar-refractivity contribution is -0.165. The van der Waals surface area contributed by atoms with Gasteiger partial charge in [0.15, 0.2) is 0 Å². The molecular formula is C23H34O3. The van der Waals surface area contributed by atoms with Crippen molar-refractivity contribution in [2.75, 3.05) is 20.3 Å². The zero-order chi connectivity index (χ0) is 18.9. The maximum atomic E-state index is 13.0. The fraction of sp³-hybridized carbons (Fsp3) is 0.696. The SMILES string of the molecule is COCCOC(=O)C1(C)CCCC2(C)c3ccc(C(C)C)cc3CCC12. The molecule has 0 heterocycles. The van der Waals surface area contributed by atoms with E-state index in [1.54, 1.807) is 7.11 Å². The normalized spacial score (nSPS) is 30.6. The molecule has 2 aliphatic carbocycles. The molecule has 1 saturated carbocycles. The van der Waals surface area contributed by atoms with Crippen molar-refractivity contribution in [2.24, 2.45) is 11.3 Å². The summed E-state index contributed by atoms with van der Waals surface area (Å²) < 4.78 is 10.6. The summed E-state index contributed by atoms with van der Waals surface area (Å²) in [6.45, 7) is 9.83. The van der Waals surface area contributed by atoms with Crippen LogP contribution in [0.5, 0.6) is 0 Å². The van der Waals surface area contributed by atoms with E-state index in [4.69, 9.17) is 9.47 Å². The van der Waals surface area contributed by atoms with Gasteiger partial charge in [0, 0.05) is 7.11 Å². The van der Waals surface area contributed by atoms with Gasteiger partial charge in [-0.1, -0.05) is 45.4 Å². The summed E-state index contributed by atoms with van der Waals surface area (Å²) in [5.74, 6) is 0.863. The number of rotatable bonds is 5. The van der Waals surface area contributed by atoms with Gasteiger partial charge in [0.25, 0.3) is 0 Å². The van der Waals surface area contributed by atoms with Crippen LogP contribution < -0.4 is 0 Å². The van der Waals surface area contributed by atoms with Crippen LogP contribution in [0.25, 0.3) is 0 Å². The monoisotopic (exact) mass is 358 g/mol. The second-order valence-corrected chi connectivity index (χ2v) is 8.98. The van der Waals surface area contributed by atoms with Gasteiger partial charge in [-0.2, -0.15) is 0 Å². The lowest BCUT2D eigenvalue weighted by Gasteiger charge is -2.54. The number of hydrogen-bond donors (Lipinski definition) is 0. The minimum atomic E-state index is -0.394. The quantitative estimate of drug-likeness (QED) is 0.548. The summed E-state index contributed by atoms with van der Waals surface area (Å²) in [7, 11) is 1.64. The average molecular weight is 359 g/mol. The van der Waals surface area contributed by atoms with Gasteiger partial charge < -0.3 is 9.47 Å². The van der Waals surface area contributed by atoms with Gasteiger partial charge in [0.1, 0.15) is 6.61 Å². The molecule has 0 N–H and O–H groups in total. The Morgan fingerprint density at radius 2 is 2.00 bits per heavy atom. The molecule has 0 aromatic heterocycles. The number of fused-ring (bicyclic) bond motifs is 3. The van der Waals surface area contributed by atoms with Crippen LogP contribution in [-0.4, -0.2) is 26.3 Å². The molecule has 3 atom stereocenters. The van der Waals surface area contributed by atoms with Crippen molar-refractivity contribution in [1.29, 1.82) is 0 Å². The first-order valence-electron chi connectivity index (χ1n) is 10.1. The fourth-order valence-electron chi connectivity index (χ4n) is 5.50. The summed E-state index contributed by atoms with van der Waals surface area (Å²) >= 11 is 0. The first-order chi connectivity index (χ1) is 12.3. The Morgan fingerprint density at radius 1 is 1.23 bits per heavy atom. The van der Waals surface area contributed by atoms with Crippen molar-refractivity contribution >= 4 is 5.97 Å². The highest BCUT2D eigenvalue weighted by molar-refractivity contribution is 5.77. The Labute approximate surface area is 158 Å². The zero-order valence-corrected chi connectivity index (χ0v) is 17.1. The maximum absolute atomic E-state index is 13.0. The third-order valence-electron chi connectivity index (χ3n) is 7.03. The van der Waals surface area contributed by atoms with E-state index in [-0.39, 0.29) is 11.4 Å². The minimum Gasteiger partial charge on any atom is -0.463 e. The molecule has 3 heteroatoms. The first kappa shape index (κ1) is 19.4. The molecule has 144 valence electrons. The molecule has 1 aromatic carbocycles. The van der Waals surface area contributed by atoms with E-state index < -0.39 is 5.41 Å². The first-order valence-corrected chi connectivity index (χ1v) is 10.1. The Hall–Kier alpha value is -1.35. The smallest absolute Gasteiger partial charge is 0.312 e. The molecule has 1 fully saturated rings. The van der Waals surface area contributed by atoms with Crippen LogP contribution in [0.4, 0.5) is 0 Å². The Bertz CT molecular complexity index is 665. The van der Waals surface area contributed by atoms with Crippen molar-refractivity contribution in [3.8, 4) is 0 Å². The highest BCUT2D eigenvalue weighted by Crippen LogP contribution is 2.57. The molecule has 0 aliphatic heterocycles. The molecule has 26 heavy (non-hydrogen) atoms. The molecule has 0 saturated heterocycles. The highest BCUT2D eigenvalue weighted by Gasteiger charge is 2.55. The van der Waals surface area contributed by atoms with E-state index in [0.717, 1.165) is 32.1 Å². The van der Waals surface area contributed by atoms with Gasteiger partial charge in [-0.3, -0.25) is 4.79 Å². The van der Waals surface area contributed by atoms with Crippen molar-refractivity contribution in [2.45, 2.75) is 71.1 Å². The van der Waals surface area contributed by atoms with E-state index in [1.165, 1.54) is 16.7 Å². The van der Waals surface area contributed by atoms with Gasteiger partial charge in [-0.15, -0.1) is 0 Å². The Balaban J connectivity index is 1.91. The summed E-state index contributed by atoms with van der Waals surface area (Å²) in [6.07, 6.45) is 5.30. The molecule has 0 amide bonds. The van der Waals surface area contributed by atoms with Crippen molar-refractivity contribution < 1.29 is 14.3 Å². The third kappa shape index (κ3) is 3.19. The zero-order valence-electron chi connectivity index (χ0n) is 17.1. The van der Waals surface area contributed by atoms with Crippen LogP contribution in [0.2, 0.25) is 0 Å². The van der Waals surface area contributed by atoms with E-state index in [9.17, 15) is 4.79 Å². The number of carbonyl (C=O) groups is 1. The summed E-state index contributed by atoms with van der Waals surface area (Å²) in [5, 5.41) is 0. The minimum absolute atomic E-state index is 0.0345. The predicted molar refractivity (Wildman–Crippen MR) is 104 cm³/mol. The lowest BCUT2D eigenvalue weighted by atomic mass is 9.49. The van der Waals surface area contributed by atoms with Crippen LogP contribution in [0.1, 0.15) is 76.0 Å². The Morgan fingerprint density at radius 3 is 2.69 bits per heavy atom. The van der Waals surface area contributed by atoms with E-state index in [2.05, 4.69) is 45.9 Å². The van der Waals surface area contributed by atoms with Crippen molar-refractivity contribution in [3.63, 3.8) is 0 Å². The van der Waals surface area contributed by atoms with Crippen LogP contribution in [0, 0.1) is 11.3 Å². The third-order valence-corrected chi connectivity index (χ3v) is 7.03. The molecular weight excluding hydrogens is 324 g/mol. The van der Waals surface area contributed by atoms with Crippen molar-refractivity contribution in [1.82, 2.24) is 0 Å². The van der Waals surface area contributed by atoms with E-state index >= 15 is 0 Å². The highest BCUT2D eigenvalue weighted by atomic mass is 16.6. The van der Waals surface area contributed by atoms with Gasteiger partial charge in [-0.25, -0.2) is 0 Å². The number of esters is 1. The van der Waals surface area contributed by atoms with Crippen LogP contribution in [0.15, 0.2) is 18.2 Å². The number of ether oxygens (including phenoxy) is 2. The second-order valence-electron chi connectivity index (χ2n) is 8.98. The molecule has 0 radical (unpaired) electrons. The van der Waals surface area contributed by atoms with Gasteiger partial charge in [-0.05, 0) is 66.5 Å². The largest absolute Gasteiger partial charge is 0.463 e. The van der Waals surface area contributed by atoms with Crippen molar-refractivity contribution in [3.05, 3.63) is 34.9 Å². The molecule has 3 unspecified atom stereocenters. The molecule has 0 spiro atoms. The standard InChI is InChI=1S/C23H34O3/c1-16(2)17-7-9-19-18(15-17)8-10-20-22(19,3)11-6-12-23(20,4)21(24)26-14-13-25-5/h7,9,15-16,20H,6,8,10-14H2,1-5H3. The predicted octanol–water partition coefficient (Wildman–Crippen LogP) is 5.01. The maximum Gasteiger partial charge on any atom is 0.312 e. The number of aryl methyl sites for hydroxylation is 1. The van der Waals surface area contributed by atoms with Gasteiger partial charge in [0.2, 0.25) is 0 Å². The summed E-state index contributed by atoms with van der Waals surface area (Å²) in [4.78, 5) is 13.0. The molecule has 2 aliphatic rings. The molecule has 1 aromatic rings. The molecule has 3 rings (SSSR count). The van der Waals surface area contributed by atoms with E-state index in [1.807, 2.05) is 0 Å². The lowest BCUT2D eigenvalue weighted by Crippen LogP contribution is -2.53. The van der Waals surface area contributed by atoms with Crippen LogP contribution in [-0.2, 0) is 26.1 Å². The summed E-state index contributed by atoms with van der Waals surface area (Å²) in [5.41, 5.74) is 4.05. The van der Waals surface area contributed by atoms with E-state index in [0.29, 0.717) is 25.0 Å². The molecule has 3 nitrogen and oxygen atoms in total. The average Bonchev–Trinajstić information content (AvgIpc) is 2.61. The second kappa shape index (κ2) is 7.34. The fourth-order valence-corrected chi connectivity index (χ4v) is 5.50. The van der Waals surface area contributed by atoms with Gasteiger partial charge >= 0.3 is 5.97 Å². The number of carbonyl (C=O) groups excluding carboxylic acids is 1. The Kier molecular flexibility index (Phi) is 5.48. The summed E-state index contributed by atoms with van der Waals surface area (Å²) in [6, 6.07) is 7.04. The van der Waals surface area contributed by atoms with Gasteiger partial charge in [0.05, 0.1) is 12.0 Å². The number of hydrogen-bond acceptors (Lipinski definition) is 3. The van der Waals surface area contributed by atoms with Crippen LogP contribution in [0.3, 0.4) is 0 Å². The van der Waals surface area contributed by atoms with Crippen LogP contribution >= 0.6 is 0 Å².